The van der Waals surface area contributed by atoms with Gasteiger partial charge in [0.05, 0.1) is 23.9 Å². The van der Waals surface area contributed by atoms with Gasteiger partial charge in [-0.05, 0) is 56.2 Å². The lowest BCUT2D eigenvalue weighted by Crippen LogP contribution is -2.33. The molecule has 0 spiro atoms. The number of furan rings is 1. The van der Waals surface area contributed by atoms with E-state index in [0.29, 0.717) is 23.2 Å². The number of likely N-dealkylation sites (tertiary alicyclic amines) is 1. The van der Waals surface area contributed by atoms with Crippen molar-refractivity contribution in [2.75, 3.05) is 18.8 Å². The lowest BCUT2D eigenvalue weighted by molar-refractivity contribution is -0.128. The number of aryl methyl sites for hydroxylation is 2. The van der Waals surface area contributed by atoms with Crippen LogP contribution in [0.2, 0.25) is 0 Å². The Kier molecular flexibility index (Phi) is 6.18. The Balaban J connectivity index is 1.48. The van der Waals surface area contributed by atoms with Crippen LogP contribution >= 0.6 is 23.1 Å². The lowest BCUT2D eigenvalue weighted by atomic mass is 9.97. The van der Waals surface area contributed by atoms with Gasteiger partial charge in [0, 0.05) is 18.0 Å². The third kappa shape index (κ3) is 4.32. The zero-order valence-electron chi connectivity index (χ0n) is 17.6. The molecule has 1 aliphatic carbocycles. The predicted molar refractivity (Wildman–Crippen MR) is 124 cm³/mol. The van der Waals surface area contributed by atoms with Crippen molar-refractivity contribution < 1.29 is 9.21 Å². The van der Waals surface area contributed by atoms with Crippen LogP contribution in [0.5, 0.6) is 0 Å². The van der Waals surface area contributed by atoms with Crippen molar-refractivity contribution >= 4 is 39.2 Å². The van der Waals surface area contributed by atoms with E-state index in [-0.39, 0.29) is 11.5 Å². The molecular formula is C23H27N3O3S2. The highest BCUT2D eigenvalue weighted by Crippen LogP contribution is 2.35. The van der Waals surface area contributed by atoms with Crippen molar-refractivity contribution in [3.05, 3.63) is 45.0 Å². The highest BCUT2D eigenvalue weighted by atomic mass is 32.2. The van der Waals surface area contributed by atoms with E-state index >= 15 is 0 Å². The number of nitrogens with zero attached hydrogens (tertiary/aromatic N) is 3. The van der Waals surface area contributed by atoms with Crippen LogP contribution < -0.4 is 5.56 Å². The molecule has 4 heterocycles. The molecule has 164 valence electrons. The zero-order valence-corrected chi connectivity index (χ0v) is 19.2. The first kappa shape index (κ1) is 20.8. The van der Waals surface area contributed by atoms with Gasteiger partial charge in [0.1, 0.15) is 10.6 Å². The number of hydrogen-bond acceptors (Lipinski definition) is 6. The average Bonchev–Trinajstić information content (AvgIpc) is 3.33. The number of carbonyl (C=O) groups is 1. The molecule has 3 aromatic heterocycles. The maximum Gasteiger partial charge on any atom is 0.263 e. The SMILES string of the molecule is O=C(CSc1nc2sc3c(c2c(=O)n1Cc1ccco1)CCCC3)N1CCCCCC1. The summed E-state index contributed by atoms with van der Waals surface area (Å²) >= 11 is 3.03. The van der Waals surface area contributed by atoms with Gasteiger partial charge in [0.25, 0.3) is 5.56 Å². The van der Waals surface area contributed by atoms with Crippen LogP contribution in [-0.2, 0) is 24.2 Å². The number of hydrogen-bond donors (Lipinski definition) is 0. The number of thiophene rings is 1. The van der Waals surface area contributed by atoms with Crippen LogP contribution in [0.3, 0.4) is 0 Å². The minimum atomic E-state index is -0.00878. The molecule has 6 nitrogen and oxygen atoms in total. The fourth-order valence-corrected chi connectivity index (χ4v) is 6.77. The summed E-state index contributed by atoms with van der Waals surface area (Å²) in [7, 11) is 0. The van der Waals surface area contributed by atoms with Crippen LogP contribution in [0.4, 0.5) is 0 Å². The second kappa shape index (κ2) is 9.20. The number of carbonyl (C=O) groups excluding carboxylic acids is 1. The fraction of sp³-hybridized carbons (Fsp3) is 0.522. The molecule has 1 fully saturated rings. The minimum absolute atomic E-state index is 0.00878. The van der Waals surface area contributed by atoms with Gasteiger partial charge in [0.15, 0.2) is 5.16 Å². The summed E-state index contributed by atoms with van der Waals surface area (Å²) in [5.41, 5.74) is 1.18. The van der Waals surface area contributed by atoms with E-state index in [1.165, 1.54) is 41.5 Å². The molecule has 1 saturated heterocycles. The molecule has 8 heteroatoms. The van der Waals surface area contributed by atoms with Gasteiger partial charge < -0.3 is 9.32 Å². The summed E-state index contributed by atoms with van der Waals surface area (Å²) in [6.07, 6.45) is 10.4. The molecule has 0 radical (unpaired) electrons. The molecule has 3 aromatic rings. The van der Waals surface area contributed by atoms with Crippen molar-refractivity contribution in [3.8, 4) is 0 Å². The van der Waals surface area contributed by atoms with Gasteiger partial charge in [-0.3, -0.25) is 14.2 Å². The van der Waals surface area contributed by atoms with Crippen molar-refractivity contribution in [1.29, 1.82) is 0 Å². The summed E-state index contributed by atoms with van der Waals surface area (Å²) in [5, 5.41) is 1.38. The molecule has 0 aromatic carbocycles. The Hall–Kier alpha value is -2.06. The Morgan fingerprint density at radius 3 is 2.71 bits per heavy atom. The molecular weight excluding hydrogens is 430 g/mol. The zero-order chi connectivity index (χ0) is 21.2. The third-order valence-corrected chi connectivity index (χ3v) is 8.36. The van der Waals surface area contributed by atoms with Crippen LogP contribution in [0, 0.1) is 0 Å². The fourth-order valence-electron chi connectivity index (χ4n) is 4.57. The molecule has 0 unspecified atom stereocenters. The molecule has 0 bridgehead atoms. The average molecular weight is 458 g/mol. The molecule has 0 N–H and O–H groups in total. The monoisotopic (exact) mass is 457 g/mol. The molecule has 0 saturated carbocycles. The topological polar surface area (TPSA) is 68.3 Å². The lowest BCUT2D eigenvalue weighted by Gasteiger charge is -2.20. The smallest absolute Gasteiger partial charge is 0.263 e. The van der Waals surface area contributed by atoms with Crippen molar-refractivity contribution in [2.45, 2.75) is 63.1 Å². The molecule has 0 atom stereocenters. The van der Waals surface area contributed by atoms with Crippen molar-refractivity contribution in [2.24, 2.45) is 0 Å². The van der Waals surface area contributed by atoms with Crippen LogP contribution in [0.15, 0.2) is 32.8 Å². The molecule has 31 heavy (non-hydrogen) atoms. The maximum absolute atomic E-state index is 13.6. The van der Waals surface area contributed by atoms with Gasteiger partial charge in [-0.15, -0.1) is 11.3 Å². The van der Waals surface area contributed by atoms with E-state index in [9.17, 15) is 9.59 Å². The highest BCUT2D eigenvalue weighted by molar-refractivity contribution is 7.99. The molecule has 5 rings (SSSR count). The van der Waals surface area contributed by atoms with Gasteiger partial charge in [0.2, 0.25) is 5.91 Å². The van der Waals surface area contributed by atoms with Gasteiger partial charge in [-0.25, -0.2) is 4.98 Å². The summed E-state index contributed by atoms with van der Waals surface area (Å²) in [4.78, 5) is 35.4. The Bertz CT molecular complexity index is 1130. The second-order valence-electron chi connectivity index (χ2n) is 8.34. The molecule has 2 aliphatic rings. The Morgan fingerprint density at radius 2 is 1.94 bits per heavy atom. The quantitative estimate of drug-likeness (QED) is 0.418. The number of thioether (sulfide) groups is 1. The van der Waals surface area contributed by atoms with Crippen molar-refractivity contribution in [1.82, 2.24) is 14.5 Å². The normalized spacial score (nSPS) is 17.0. The van der Waals surface area contributed by atoms with E-state index in [2.05, 4.69) is 0 Å². The summed E-state index contributed by atoms with van der Waals surface area (Å²) in [5.74, 6) is 1.16. The van der Waals surface area contributed by atoms with Crippen LogP contribution in [0.1, 0.15) is 54.7 Å². The number of amides is 1. The number of fused-ring (bicyclic) bond motifs is 3. The standard InChI is InChI=1S/C23H27N3O3S2/c27-19(25-11-5-1-2-6-12-25)15-30-23-24-21-20(17-9-3-4-10-18(17)31-21)22(28)26(23)14-16-8-7-13-29-16/h7-8,13H,1-6,9-12,14-15H2. The van der Waals surface area contributed by atoms with Gasteiger partial charge in [-0.1, -0.05) is 24.6 Å². The minimum Gasteiger partial charge on any atom is -0.467 e. The first-order chi connectivity index (χ1) is 15.2. The second-order valence-corrected chi connectivity index (χ2v) is 10.4. The summed E-state index contributed by atoms with van der Waals surface area (Å²) in [6, 6.07) is 3.70. The van der Waals surface area contributed by atoms with Crippen LogP contribution in [-0.4, -0.2) is 39.2 Å². The van der Waals surface area contributed by atoms with E-state index in [4.69, 9.17) is 9.40 Å². The van der Waals surface area contributed by atoms with Gasteiger partial charge in [-0.2, -0.15) is 0 Å². The maximum atomic E-state index is 13.6. The van der Waals surface area contributed by atoms with E-state index in [0.717, 1.165) is 55.4 Å². The van der Waals surface area contributed by atoms with E-state index in [1.54, 1.807) is 22.2 Å². The largest absolute Gasteiger partial charge is 0.467 e. The predicted octanol–water partition coefficient (Wildman–Crippen LogP) is 4.47. The first-order valence-corrected chi connectivity index (χ1v) is 13.0. The summed E-state index contributed by atoms with van der Waals surface area (Å²) < 4.78 is 7.22. The molecule has 1 aliphatic heterocycles. The highest BCUT2D eigenvalue weighted by Gasteiger charge is 2.24. The van der Waals surface area contributed by atoms with E-state index < -0.39 is 0 Å². The first-order valence-electron chi connectivity index (χ1n) is 11.2. The van der Waals surface area contributed by atoms with Crippen LogP contribution in [0.25, 0.3) is 10.2 Å². The summed E-state index contributed by atoms with van der Waals surface area (Å²) in [6.45, 7) is 2.00. The Labute approximate surface area is 189 Å². The van der Waals surface area contributed by atoms with E-state index in [1.807, 2.05) is 17.0 Å². The Morgan fingerprint density at radius 1 is 1.13 bits per heavy atom. The number of rotatable bonds is 5. The molecule has 1 amide bonds. The van der Waals surface area contributed by atoms with Crippen molar-refractivity contribution in [3.63, 3.8) is 0 Å². The van der Waals surface area contributed by atoms with Gasteiger partial charge >= 0.3 is 0 Å². The number of aromatic nitrogens is 2. The third-order valence-electron chi connectivity index (χ3n) is 6.22.